The fourth-order valence-electron chi connectivity index (χ4n) is 1.20. The zero-order valence-electron chi connectivity index (χ0n) is 8.08. The lowest BCUT2D eigenvalue weighted by molar-refractivity contribution is 0.242. The number of hydrogen-bond acceptors (Lipinski definition) is 2. The third-order valence-corrected chi connectivity index (χ3v) is 2.74. The van der Waals surface area contributed by atoms with E-state index in [2.05, 4.69) is 19.6 Å². The van der Waals surface area contributed by atoms with Gasteiger partial charge in [-0.3, -0.25) is 0 Å². The van der Waals surface area contributed by atoms with Crippen molar-refractivity contribution in [3.8, 4) is 0 Å². The van der Waals surface area contributed by atoms with Crippen LogP contribution in [-0.2, 0) is 4.74 Å². The van der Waals surface area contributed by atoms with Crippen molar-refractivity contribution >= 4 is 11.8 Å². The number of rotatable bonds is 2. The van der Waals surface area contributed by atoms with E-state index in [0.29, 0.717) is 0 Å². The molecule has 72 valence electrons. The molecule has 1 nitrogen and oxygen atoms in total. The monoisotopic (exact) mass is 196 g/mol. The summed E-state index contributed by atoms with van der Waals surface area (Å²) >= 11 is 1.91. The first-order valence-electron chi connectivity index (χ1n) is 4.61. The molecule has 13 heavy (non-hydrogen) atoms. The number of allylic oxidation sites excluding steroid dienone is 4. The van der Waals surface area contributed by atoms with Crippen LogP contribution in [0.4, 0.5) is 0 Å². The normalized spacial score (nSPS) is 24.1. The zero-order valence-corrected chi connectivity index (χ0v) is 8.90. The van der Waals surface area contributed by atoms with Gasteiger partial charge in [-0.25, -0.2) is 0 Å². The van der Waals surface area contributed by atoms with Crippen molar-refractivity contribution in [3.05, 3.63) is 36.1 Å². The first kappa shape index (κ1) is 10.5. The van der Waals surface area contributed by atoms with Crippen molar-refractivity contribution in [1.82, 2.24) is 0 Å². The van der Waals surface area contributed by atoms with Crippen molar-refractivity contribution in [2.45, 2.75) is 13.3 Å². The fraction of sp³-hybridized carbons (Fsp3) is 0.455. The van der Waals surface area contributed by atoms with Crippen LogP contribution in [0.25, 0.3) is 0 Å². The molecule has 0 aromatic heterocycles. The molecule has 1 fully saturated rings. The number of hydrogen-bond donors (Lipinski definition) is 0. The van der Waals surface area contributed by atoms with Gasteiger partial charge >= 0.3 is 0 Å². The molecular weight excluding hydrogens is 180 g/mol. The Kier molecular flexibility index (Phi) is 4.76. The van der Waals surface area contributed by atoms with Crippen molar-refractivity contribution in [2.75, 3.05) is 18.1 Å². The maximum Gasteiger partial charge on any atom is 0.119 e. The second-order valence-corrected chi connectivity index (χ2v) is 3.91. The van der Waals surface area contributed by atoms with E-state index in [4.69, 9.17) is 4.74 Å². The van der Waals surface area contributed by atoms with E-state index in [0.717, 1.165) is 30.3 Å². The fourth-order valence-corrected chi connectivity index (χ4v) is 2.01. The molecule has 0 saturated carbocycles. The smallest absolute Gasteiger partial charge is 0.119 e. The minimum Gasteiger partial charge on any atom is -0.493 e. The van der Waals surface area contributed by atoms with Crippen molar-refractivity contribution in [2.24, 2.45) is 0 Å². The van der Waals surface area contributed by atoms with Crippen LogP contribution in [0, 0.1) is 0 Å². The summed E-state index contributed by atoms with van der Waals surface area (Å²) in [6.45, 7) is 6.66. The van der Waals surface area contributed by atoms with Crippen molar-refractivity contribution < 1.29 is 4.74 Å². The molecule has 0 N–H and O–H groups in total. The van der Waals surface area contributed by atoms with Crippen molar-refractivity contribution in [1.29, 1.82) is 0 Å². The van der Waals surface area contributed by atoms with E-state index >= 15 is 0 Å². The first-order chi connectivity index (χ1) is 6.38. The highest BCUT2D eigenvalue weighted by molar-refractivity contribution is 7.99. The summed E-state index contributed by atoms with van der Waals surface area (Å²) in [5.41, 5.74) is 1.26. The van der Waals surface area contributed by atoms with E-state index in [1.165, 1.54) is 5.57 Å². The molecule has 1 aliphatic rings. The van der Waals surface area contributed by atoms with Gasteiger partial charge in [0.1, 0.15) is 5.76 Å². The van der Waals surface area contributed by atoms with Gasteiger partial charge in [-0.05, 0) is 12.5 Å². The lowest BCUT2D eigenvalue weighted by Crippen LogP contribution is -1.96. The standard InChI is InChI=1S/C11H16OS/c1-3-5-10-9-13-8-7-12-11(10)6-4-2/h3,5-6H,1,4,7-9H2,2H3/b10-5-,11-6+. The quantitative estimate of drug-likeness (QED) is 0.671. The Morgan fingerprint density at radius 3 is 3.15 bits per heavy atom. The molecule has 1 heterocycles. The van der Waals surface area contributed by atoms with Gasteiger partial charge in [0.15, 0.2) is 0 Å². The van der Waals surface area contributed by atoms with E-state index in [1.807, 2.05) is 23.9 Å². The summed E-state index contributed by atoms with van der Waals surface area (Å²) in [6.07, 6.45) is 7.03. The molecule has 0 aromatic carbocycles. The SMILES string of the molecule is C=C/C=C1/CSCCO/C1=C/CC. The van der Waals surface area contributed by atoms with Gasteiger partial charge < -0.3 is 4.74 Å². The Morgan fingerprint density at radius 2 is 2.46 bits per heavy atom. The zero-order chi connectivity index (χ0) is 9.52. The van der Waals surface area contributed by atoms with Crippen LogP contribution in [0.15, 0.2) is 36.1 Å². The van der Waals surface area contributed by atoms with Crippen LogP contribution >= 0.6 is 11.8 Å². The summed E-state index contributed by atoms with van der Waals surface area (Å²) in [4.78, 5) is 0. The van der Waals surface area contributed by atoms with Crippen LogP contribution in [0.5, 0.6) is 0 Å². The molecule has 1 rings (SSSR count). The van der Waals surface area contributed by atoms with Gasteiger partial charge in [0, 0.05) is 17.1 Å². The minimum atomic E-state index is 0.824. The highest BCUT2D eigenvalue weighted by Gasteiger charge is 2.09. The molecular formula is C11H16OS. The predicted molar refractivity (Wildman–Crippen MR) is 59.9 cm³/mol. The van der Waals surface area contributed by atoms with Crippen LogP contribution in [0.1, 0.15) is 13.3 Å². The highest BCUT2D eigenvalue weighted by atomic mass is 32.2. The lowest BCUT2D eigenvalue weighted by Gasteiger charge is -2.07. The Labute approximate surface area is 84.6 Å². The van der Waals surface area contributed by atoms with Crippen LogP contribution < -0.4 is 0 Å². The van der Waals surface area contributed by atoms with Gasteiger partial charge in [-0.15, -0.1) is 0 Å². The average molecular weight is 196 g/mol. The number of ether oxygens (including phenoxy) is 1. The maximum absolute atomic E-state index is 5.63. The largest absolute Gasteiger partial charge is 0.493 e. The highest BCUT2D eigenvalue weighted by Crippen LogP contribution is 2.22. The summed E-state index contributed by atoms with van der Waals surface area (Å²) in [5, 5.41) is 0. The Hall–Kier alpha value is -0.630. The summed E-state index contributed by atoms with van der Waals surface area (Å²) in [5.74, 6) is 3.17. The Balaban J connectivity index is 2.78. The molecule has 0 aromatic rings. The van der Waals surface area contributed by atoms with E-state index in [9.17, 15) is 0 Å². The molecule has 0 bridgehead atoms. The topological polar surface area (TPSA) is 9.23 Å². The van der Waals surface area contributed by atoms with Gasteiger partial charge in [-0.2, -0.15) is 11.8 Å². The summed E-state index contributed by atoms with van der Waals surface area (Å²) in [6, 6.07) is 0. The molecule has 1 saturated heterocycles. The molecule has 0 amide bonds. The van der Waals surface area contributed by atoms with Gasteiger partial charge in [-0.1, -0.05) is 25.7 Å². The maximum atomic E-state index is 5.63. The van der Waals surface area contributed by atoms with Gasteiger partial charge in [0.25, 0.3) is 0 Å². The lowest BCUT2D eigenvalue weighted by atomic mass is 10.2. The molecule has 0 aliphatic carbocycles. The van der Waals surface area contributed by atoms with Gasteiger partial charge in [0.2, 0.25) is 0 Å². The average Bonchev–Trinajstić information content (AvgIpc) is 2.33. The summed E-state index contributed by atoms with van der Waals surface area (Å²) < 4.78 is 5.63. The van der Waals surface area contributed by atoms with Crippen molar-refractivity contribution in [3.63, 3.8) is 0 Å². The second-order valence-electron chi connectivity index (χ2n) is 2.81. The predicted octanol–water partition coefficient (Wildman–Crippen LogP) is 3.16. The molecule has 1 aliphatic heterocycles. The third-order valence-electron chi connectivity index (χ3n) is 1.77. The van der Waals surface area contributed by atoms with Gasteiger partial charge in [0.05, 0.1) is 6.61 Å². The first-order valence-corrected chi connectivity index (χ1v) is 5.76. The van der Waals surface area contributed by atoms with E-state index in [-0.39, 0.29) is 0 Å². The third kappa shape index (κ3) is 3.31. The number of thioether (sulfide) groups is 1. The molecule has 2 heteroatoms. The molecule has 0 unspecified atom stereocenters. The molecule has 0 spiro atoms. The van der Waals surface area contributed by atoms with Crippen LogP contribution in [0.2, 0.25) is 0 Å². The second kappa shape index (κ2) is 5.92. The Morgan fingerprint density at radius 1 is 1.62 bits per heavy atom. The summed E-state index contributed by atoms with van der Waals surface area (Å²) in [7, 11) is 0. The molecule has 0 atom stereocenters. The van der Waals surface area contributed by atoms with E-state index < -0.39 is 0 Å². The van der Waals surface area contributed by atoms with Crippen LogP contribution in [0.3, 0.4) is 0 Å². The Bertz CT molecular complexity index is 228. The minimum absolute atomic E-state index is 0.824. The molecule has 0 radical (unpaired) electrons. The van der Waals surface area contributed by atoms with E-state index in [1.54, 1.807) is 0 Å². The van der Waals surface area contributed by atoms with Crippen LogP contribution in [-0.4, -0.2) is 18.1 Å².